The van der Waals surface area contributed by atoms with E-state index in [2.05, 4.69) is 10.3 Å². The fourth-order valence-corrected chi connectivity index (χ4v) is 1.53. The second-order valence-electron chi connectivity index (χ2n) is 4.96. The van der Waals surface area contributed by atoms with Crippen LogP contribution in [-0.4, -0.2) is 22.0 Å². The van der Waals surface area contributed by atoms with Gasteiger partial charge in [-0.3, -0.25) is 14.6 Å². The molecule has 1 amide bonds. The zero-order valence-corrected chi connectivity index (χ0v) is 11.1. The van der Waals surface area contributed by atoms with Crippen LogP contribution in [0, 0.1) is 17.2 Å². The van der Waals surface area contributed by atoms with Gasteiger partial charge in [0, 0.05) is 12.6 Å². The van der Waals surface area contributed by atoms with Gasteiger partial charge in [0.25, 0.3) is 0 Å². The van der Waals surface area contributed by atoms with Crippen molar-refractivity contribution in [1.29, 1.82) is 0 Å². The summed E-state index contributed by atoms with van der Waals surface area (Å²) in [5.41, 5.74) is -1.19. The molecule has 2 N–H and O–H groups in total. The molecular weight excluding hydrogens is 251 g/mol. The minimum absolute atomic E-state index is 0.00325. The fourth-order valence-electron chi connectivity index (χ4n) is 1.53. The Kier molecular flexibility index (Phi) is 4.58. The molecular formula is C13H17FN2O3. The van der Waals surface area contributed by atoms with Gasteiger partial charge in [0.2, 0.25) is 5.91 Å². The van der Waals surface area contributed by atoms with E-state index in [-0.39, 0.29) is 18.0 Å². The molecule has 104 valence electrons. The molecule has 0 aliphatic carbocycles. The summed E-state index contributed by atoms with van der Waals surface area (Å²) in [7, 11) is 0. The Bertz CT molecular complexity index is 491. The Morgan fingerprint density at radius 2 is 2.16 bits per heavy atom. The summed E-state index contributed by atoms with van der Waals surface area (Å²) in [6, 6.07) is 1.32. The second kappa shape index (κ2) is 5.77. The number of nitrogens with one attached hydrogen (secondary N) is 1. The van der Waals surface area contributed by atoms with E-state index >= 15 is 0 Å². The van der Waals surface area contributed by atoms with Gasteiger partial charge in [-0.2, -0.15) is 0 Å². The number of aliphatic carboxylic acids is 1. The minimum Gasteiger partial charge on any atom is -0.481 e. The minimum atomic E-state index is -1.19. The number of nitrogens with zero attached hydrogens (tertiary/aromatic N) is 1. The van der Waals surface area contributed by atoms with Gasteiger partial charge in [-0.25, -0.2) is 4.39 Å². The summed E-state index contributed by atoms with van der Waals surface area (Å²) in [5, 5.41) is 11.6. The molecule has 0 fully saturated rings. The largest absolute Gasteiger partial charge is 0.481 e. The molecule has 1 aromatic heterocycles. The van der Waals surface area contributed by atoms with Gasteiger partial charge in [0.1, 0.15) is 0 Å². The molecule has 0 spiro atoms. The first-order valence-corrected chi connectivity index (χ1v) is 5.90. The number of hydrogen-bond acceptors (Lipinski definition) is 3. The lowest BCUT2D eigenvalue weighted by atomic mass is 9.76. The van der Waals surface area contributed by atoms with E-state index < -0.39 is 23.1 Å². The lowest BCUT2D eigenvalue weighted by Gasteiger charge is -2.28. The van der Waals surface area contributed by atoms with E-state index in [1.54, 1.807) is 13.8 Å². The quantitative estimate of drug-likeness (QED) is 0.858. The maximum atomic E-state index is 13.3. The highest BCUT2D eigenvalue weighted by molar-refractivity contribution is 5.94. The van der Waals surface area contributed by atoms with Crippen molar-refractivity contribution in [3.8, 4) is 0 Å². The first-order valence-electron chi connectivity index (χ1n) is 5.90. The lowest BCUT2D eigenvalue weighted by Crippen LogP contribution is -2.37. The van der Waals surface area contributed by atoms with Gasteiger partial charge >= 0.3 is 5.97 Å². The van der Waals surface area contributed by atoms with Crippen molar-refractivity contribution in [3.63, 3.8) is 0 Å². The monoisotopic (exact) mass is 268 g/mol. The van der Waals surface area contributed by atoms with Crippen molar-refractivity contribution in [2.75, 3.05) is 5.32 Å². The van der Waals surface area contributed by atoms with E-state index in [9.17, 15) is 19.1 Å². The molecule has 1 unspecified atom stereocenters. The van der Waals surface area contributed by atoms with Crippen molar-refractivity contribution in [2.45, 2.75) is 27.2 Å². The number of halogens is 1. The smallest absolute Gasteiger partial charge is 0.310 e. The maximum absolute atomic E-state index is 13.3. The first kappa shape index (κ1) is 15.1. The molecule has 1 atom stereocenters. The summed E-state index contributed by atoms with van der Waals surface area (Å²) >= 11 is 0. The van der Waals surface area contributed by atoms with Crippen LogP contribution in [0.25, 0.3) is 0 Å². The molecule has 0 aliphatic heterocycles. The van der Waals surface area contributed by atoms with E-state index in [0.717, 1.165) is 6.20 Å². The number of aromatic nitrogens is 1. The number of pyridine rings is 1. The van der Waals surface area contributed by atoms with E-state index in [1.807, 2.05) is 0 Å². The Labute approximate surface area is 110 Å². The van der Waals surface area contributed by atoms with Crippen LogP contribution in [0.5, 0.6) is 0 Å². The highest BCUT2D eigenvalue weighted by Gasteiger charge is 2.38. The van der Waals surface area contributed by atoms with Crippen molar-refractivity contribution < 1.29 is 19.1 Å². The average molecular weight is 268 g/mol. The van der Waals surface area contributed by atoms with Crippen LogP contribution in [0.15, 0.2) is 18.5 Å². The maximum Gasteiger partial charge on any atom is 0.310 e. The van der Waals surface area contributed by atoms with E-state index in [4.69, 9.17) is 0 Å². The van der Waals surface area contributed by atoms with Crippen LogP contribution in [0.2, 0.25) is 0 Å². The van der Waals surface area contributed by atoms with Gasteiger partial charge in [0.15, 0.2) is 5.82 Å². The molecule has 1 aromatic rings. The molecule has 1 heterocycles. The molecule has 0 bridgehead atoms. The summed E-state index contributed by atoms with van der Waals surface area (Å²) in [5.74, 6) is -2.47. The highest BCUT2D eigenvalue weighted by atomic mass is 19.1. The molecule has 0 saturated carbocycles. The number of carbonyl (C=O) groups excluding carboxylic acids is 1. The number of carboxylic acids is 1. The van der Waals surface area contributed by atoms with Crippen molar-refractivity contribution in [2.24, 2.45) is 11.3 Å². The van der Waals surface area contributed by atoms with Gasteiger partial charge < -0.3 is 10.4 Å². The fraction of sp³-hybridized carbons (Fsp3) is 0.462. The zero-order valence-electron chi connectivity index (χ0n) is 11.1. The zero-order chi connectivity index (χ0) is 14.6. The number of carbonyl (C=O) groups is 2. The molecule has 0 radical (unpaired) electrons. The third-order valence-electron chi connectivity index (χ3n) is 3.34. The van der Waals surface area contributed by atoms with Crippen LogP contribution in [0.4, 0.5) is 10.1 Å². The first-order chi connectivity index (χ1) is 8.77. The number of hydrogen-bond donors (Lipinski definition) is 2. The summed E-state index contributed by atoms with van der Waals surface area (Å²) < 4.78 is 13.3. The van der Waals surface area contributed by atoms with E-state index in [0.29, 0.717) is 0 Å². The average Bonchev–Trinajstić information content (AvgIpc) is 2.31. The molecule has 0 saturated heterocycles. The van der Waals surface area contributed by atoms with E-state index in [1.165, 1.54) is 19.2 Å². The summed E-state index contributed by atoms with van der Waals surface area (Å²) in [6.07, 6.45) is 2.10. The second-order valence-corrected chi connectivity index (χ2v) is 4.96. The van der Waals surface area contributed by atoms with Gasteiger partial charge in [-0.1, -0.05) is 13.8 Å². The van der Waals surface area contributed by atoms with Crippen LogP contribution < -0.4 is 5.32 Å². The Balaban J connectivity index is 2.80. The Hall–Kier alpha value is -1.98. The van der Waals surface area contributed by atoms with Gasteiger partial charge in [-0.15, -0.1) is 0 Å². The number of carboxylic acid groups (broad SMARTS) is 1. The molecule has 0 aromatic carbocycles. The molecule has 1 rings (SSSR count). The standard InChI is InChI=1S/C13H17FN2O3/c1-8(2)13(3,12(18)19)6-11(17)16-10-4-5-15-7-9(10)14/h4-5,7-8H,6H2,1-3H3,(H,18,19)(H,15,16,17). The van der Waals surface area contributed by atoms with Crippen LogP contribution in [-0.2, 0) is 9.59 Å². The topological polar surface area (TPSA) is 79.3 Å². The van der Waals surface area contributed by atoms with Crippen molar-refractivity contribution in [1.82, 2.24) is 4.98 Å². The molecule has 5 nitrogen and oxygen atoms in total. The Morgan fingerprint density at radius 1 is 1.53 bits per heavy atom. The Morgan fingerprint density at radius 3 is 2.63 bits per heavy atom. The van der Waals surface area contributed by atoms with Crippen LogP contribution in [0.1, 0.15) is 27.2 Å². The lowest BCUT2D eigenvalue weighted by molar-refractivity contribution is -0.153. The molecule has 0 aliphatic rings. The molecule has 19 heavy (non-hydrogen) atoms. The van der Waals surface area contributed by atoms with Crippen LogP contribution >= 0.6 is 0 Å². The number of anilines is 1. The number of rotatable bonds is 5. The number of amides is 1. The van der Waals surface area contributed by atoms with Crippen LogP contribution in [0.3, 0.4) is 0 Å². The summed E-state index contributed by atoms with van der Waals surface area (Å²) in [4.78, 5) is 26.6. The summed E-state index contributed by atoms with van der Waals surface area (Å²) in [6.45, 7) is 4.96. The van der Waals surface area contributed by atoms with Crippen molar-refractivity contribution in [3.05, 3.63) is 24.3 Å². The predicted molar refractivity (Wildman–Crippen MR) is 68.0 cm³/mol. The van der Waals surface area contributed by atoms with Gasteiger partial charge in [-0.05, 0) is 18.9 Å². The van der Waals surface area contributed by atoms with Gasteiger partial charge in [0.05, 0.1) is 17.3 Å². The predicted octanol–water partition coefficient (Wildman–Crippen LogP) is 2.30. The highest BCUT2D eigenvalue weighted by Crippen LogP contribution is 2.31. The third-order valence-corrected chi connectivity index (χ3v) is 3.34. The molecule has 6 heteroatoms. The van der Waals surface area contributed by atoms with Crippen molar-refractivity contribution >= 4 is 17.6 Å². The SMILES string of the molecule is CC(C)C(C)(CC(=O)Nc1ccncc1F)C(=O)O. The third kappa shape index (κ3) is 3.49. The normalized spacial score (nSPS) is 13.9.